The first-order valence-electron chi connectivity index (χ1n) is 7.11. The van der Waals surface area contributed by atoms with Crippen LogP contribution in [0.4, 0.5) is 5.82 Å². The molecule has 1 aromatic heterocycles. The molecule has 1 unspecified atom stereocenters. The van der Waals surface area contributed by atoms with Crippen LogP contribution in [-0.2, 0) is 4.74 Å². The summed E-state index contributed by atoms with van der Waals surface area (Å²) in [6, 6.07) is 5.94. The molecule has 0 radical (unpaired) electrons. The Bertz CT molecular complexity index is 638. The lowest BCUT2D eigenvalue weighted by Crippen LogP contribution is -2.48. The molecular weight excluding hydrogens is 338 g/mol. The summed E-state index contributed by atoms with van der Waals surface area (Å²) < 4.78 is 6.85. The van der Waals surface area contributed by atoms with E-state index in [9.17, 15) is 5.21 Å². The number of aromatic nitrogens is 1. The van der Waals surface area contributed by atoms with Gasteiger partial charge in [-0.1, -0.05) is 17.8 Å². The topological polar surface area (TPSA) is 42.6 Å². The lowest BCUT2D eigenvalue weighted by molar-refractivity contribution is -0.592. The maximum Gasteiger partial charge on any atom is 0.281 e. The highest BCUT2D eigenvalue weighted by atomic mass is 33.1. The lowest BCUT2D eigenvalue weighted by atomic mass is 10.0. The number of fused-ring (bicyclic) bond motifs is 2. The summed E-state index contributed by atoms with van der Waals surface area (Å²) in [5.74, 6) is 1.42. The normalized spacial score (nSPS) is 26.5. The predicted molar refractivity (Wildman–Crippen MR) is 93.1 cm³/mol. The van der Waals surface area contributed by atoms with E-state index in [2.05, 4.69) is 23.6 Å². The van der Waals surface area contributed by atoms with Crippen LogP contribution in [0.2, 0.25) is 0 Å². The molecule has 0 amide bonds. The van der Waals surface area contributed by atoms with Gasteiger partial charge in [0.25, 0.3) is 5.82 Å². The van der Waals surface area contributed by atoms with E-state index in [1.165, 1.54) is 5.03 Å². The minimum atomic E-state index is 0.0542. The second-order valence-electron chi connectivity index (χ2n) is 6.00. The van der Waals surface area contributed by atoms with Crippen molar-refractivity contribution in [3.63, 3.8) is 0 Å². The Balaban J connectivity index is 1.69. The van der Waals surface area contributed by atoms with Crippen molar-refractivity contribution in [2.45, 2.75) is 24.6 Å². The molecule has 0 N–H and O–H groups in total. The van der Waals surface area contributed by atoms with Gasteiger partial charge in [-0.15, -0.1) is 0 Å². The quantitative estimate of drug-likeness (QED) is 0.436. The average molecular weight is 356 g/mol. The van der Waals surface area contributed by atoms with Crippen molar-refractivity contribution < 1.29 is 9.47 Å². The van der Waals surface area contributed by atoms with Crippen LogP contribution in [0.15, 0.2) is 34.5 Å². The van der Waals surface area contributed by atoms with E-state index in [1.807, 2.05) is 23.9 Å². The van der Waals surface area contributed by atoms with Gasteiger partial charge in [0, 0.05) is 10.8 Å². The van der Waals surface area contributed by atoms with E-state index in [-0.39, 0.29) is 4.75 Å². The van der Waals surface area contributed by atoms with Crippen LogP contribution in [0.3, 0.4) is 0 Å². The van der Waals surface area contributed by atoms with Crippen molar-refractivity contribution in [2.75, 3.05) is 24.1 Å². The standard InChI is InChI=1S/C14H17N3O2S3/c1-14(2)10-7-15(11-5-3-4-6-17(11)18)8-16(10)12-13(21-14)19-9-20-22-12/h3-6,10H,7-9H2,1-2H3. The zero-order valence-electron chi connectivity index (χ0n) is 12.4. The number of ether oxygens (including phenoxy) is 1. The molecule has 0 aliphatic carbocycles. The van der Waals surface area contributed by atoms with Crippen LogP contribution >= 0.6 is 33.3 Å². The second-order valence-corrected chi connectivity index (χ2v) is 9.85. The highest BCUT2D eigenvalue weighted by molar-refractivity contribution is 8.78. The number of anilines is 1. The van der Waals surface area contributed by atoms with Gasteiger partial charge in [0.15, 0.2) is 11.8 Å². The average Bonchev–Trinajstić information content (AvgIpc) is 2.94. The van der Waals surface area contributed by atoms with Crippen LogP contribution in [0.5, 0.6) is 0 Å². The van der Waals surface area contributed by atoms with Crippen molar-refractivity contribution in [3.05, 3.63) is 39.7 Å². The molecule has 1 saturated heterocycles. The van der Waals surface area contributed by atoms with Gasteiger partial charge < -0.3 is 14.8 Å². The molecule has 3 aliphatic heterocycles. The fraction of sp³-hybridized carbons (Fsp3) is 0.500. The Hall–Kier alpha value is -0.860. The SMILES string of the molecule is CC1(C)SC2=C(SSCO2)N2CN(c3cccc[n+]3[O-])CC21. The van der Waals surface area contributed by atoms with E-state index >= 15 is 0 Å². The monoisotopic (exact) mass is 355 g/mol. The van der Waals surface area contributed by atoms with Crippen LogP contribution in [0.25, 0.3) is 0 Å². The first kappa shape index (κ1) is 14.7. The Kier molecular flexibility index (Phi) is 3.58. The molecule has 1 atom stereocenters. The summed E-state index contributed by atoms with van der Waals surface area (Å²) in [6.07, 6.45) is 1.56. The summed E-state index contributed by atoms with van der Waals surface area (Å²) in [6.45, 7) is 6.11. The molecule has 4 heterocycles. The first-order chi connectivity index (χ1) is 10.6. The molecule has 3 aliphatic rings. The summed E-state index contributed by atoms with van der Waals surface area (Å²) in [5, 5.41) is 14.3. The molecule has 0 aromatic carbocycles. The fourth-order valence-corrected chi connectivity index (χ4v) is 6.57. The predicted octanol–water partition coefficient (Wildman–Crippen LogP) is 2.79. The molecule has 0 saturated carbocycles. The molecule has 1 fully saturated rings. The van der Waals surface area contributed by atoms with Gasteiger partial charge >= 0.3 is 0 Å². The smallest absolute Gasteiger partial charge is 0.281 e. The van der Waals surface area contributed by atoms with Crippen molar-refractivity contribution in [1.29, 1.82) is 0 Å². The zero-order chi connectivity index (χ0) is 15.3. The number of nitrogens with zero attached hydrogens (tertiary/aromatic N) is 3. The summed E-state index contributed by atoms with van der Waals surface area (Å²) in [5.41, 5.74) is 0. The molecule has 118 valence electrons. The number of thioether (sulfide) groups is 1. The Morgan fingerprint density at radius 3 is 3.09 bits per heavy atom. The van der Waals surface area contributed by atoms with Gasteiger partial charge in [-0.25, -0.2) is 9.63 Å². The van der Waals surface area contributed by atoms with Gasteiger partial charge in [0.05, 0.1) is 12.2 Å². The maximum absolute atomic E-state index is 12.1. The Labute approximate surface area is 142 Å². The van der Waals surface area contributed by atoms with Crippen molar-refractivity contribution in [2.24, 2.45) is 0 Å². The Morgan fingerprint density at radius 2 is 2.27 bits per heavy atom. The molecule has 1 aromatic rings. The molecule has 5 nitrogen and oxygen atoms in total. The van der Waals surface area contributed by atoms with E-state index in [1.54, 1.807) is 33.9 Å². The van der Waals surface area contributed by atoms with E-state index < -0.39 is 0 Å². The number of hydrogen-bond acceptors (Lipinski definition) is 7. The van der Waals surface area contributed by atoms with Crippen molar-refractivity contribution in [3.8, 4) is 0 Å². The number of rotatable bonds is 1. The summed E-state index contributed by atoms with van der Waals surface area (Å²) >= 11 is 1.82. The number of pyridine rings is 1. The minimum absolute atomic E-state index is 0.0542. The Morgan fingerprint density at radius 1 is 1.41 bits per heavy atom. The highest BCUT2D eigenvalue weighted by Crippen LogP contribution is 2.54. The number of hydrogen-bond donors (Lipinski definition) is 0. The second kappa shape index (κ2) is 5.35. The van der Waals surface area contributed by atoms with E-state index in [0.29, 0.717) is 17.8 Å². The van der Waals surface area contributed by atoms with Crippen molar-refractivity contribution in [1.82, 2.24) is 4.90 Å². The fourth-order valence-electron chi connectivity index (χ4n) is 3.08. The van der Waals surface area contributed by atoms with Gasteiger partial charge in [0.2, 0.25) is 0 Å². The molecule has 0 bridgehead atoms. The van der Waals surface area contributed by atoms with E-state index in [0.717, 1.165) is 23.0 Å². The molecule has 8 heteroatoms. The van der Waals surface area contributed by atoms with Crippen LogP contribution in [0.1, 0.15) is 13.8 Å². The minimum Gasteiger partial charge on any atom is -0.711 e. The van der Waals surface area contributed by atoms with Crippen molar-refractivity contribution >= 4 is 39.2 Å². The molecule has 4 rings (SSSR count). The van der Waals surface area contributed by atoms with Gasteiger partial charge in [0.1, 0.15) is 17.5 Å². The van der Waals surface area contributed by atoms with Gasteiger partial charge in [-0.05, 0) is 41.5 Å². The van der Waals surface area contributed by atoms with Gasteiger partial charge in [-0.2, -0.15) is 0 Å². The summed E-state index contributed by atoms with van der Waals surface area (Å²) in [4.78, 5) is 4.56. The molecule has 22 heavy (non-hydrogen) atoms. The third-order valence-corrected chi connectivity index (χ3v) is 7.64. The van der Waals surface area contributed by atoms with Crippen LogP contribution in [0, 0.1) is 5.21 Å². The molecular formula is C14H17N3O2S3. The summed E-state index contributed by atoms with van der Waals surface area (Å²) in [7, 11) is 3.52. The largest absolute Gasteiger partial charge is 0.711 e. The van der Waals surface area contributed by atoms with Crippen LogP contribution < -0.4 is 9.63 Å². The third kappa shape index (κ3) is 2.32. The van der Waals surface area contributed by atoms with Gasteiger partial charge in [-0.3, -0.25) is 0 Å². The lowest BCUT2D eigenvalue weighted by Gasteiger charge is -2.43. The van der Waals surface area contributed by atoms with Crippen LogP contribution in [-0.4, -0.2) is 34.8 Å². The third-order valence-electron chi connectivity index (χ3n) is 4.19. The maximum atomic E-state index is 12.1. The first-order valence-corrected chi connectivity index (χ1v) is 10.3. The highest BCUT2D eigenvalue weighted by Gasteiger charge is 2.51. The molecule has 0 spiro atoms. The van der Waals surface area contributed by atoms with E-state index in [4.69, 9.17) is 4.74 Å². The zero-order valence-corrected chi connectivity index (χ0v) is 14.8.